The Morgan fingerprint density at radius 3 is 2.18 bits per heavy atom. The van der Waals surface area contributed by atoms with Gasteiger partial charge in [0.15, 0.2) is 0 Å². The number of benzene rings is 2. The van der Waals surface area contributed by atoms with Crippen LogP contribution in [0, 0.1) is 25.7 Å². The largest absolute Gasteiger partial charge is 0.143 e. The Morgan fingerprint density at radius 1 is 0.727 bits per heavy atom. The van der Waals surface area contributed by atoms with Crippen molar-refractivity contribution in [2.75, 3.05) is 0 Å². The van der Waals surface area contributed by atoms with Crippen molar-refractivity contribution in [2.24, 2.45) is 0 Å². The lowest BCUT2D eigenvalue weighted by Gasteiger charge is -2.03. The van der Waals surface area contributed by atoms with Gasteiger partial charge in [0.2, 0.25) is 0 Å². The summed E-state index contributed by atoms with van der Waals surface area (Å²) in [6.07, 6.45) is 0. The van der Waals surface area contributed by atoms with Gasteiger partial charge in [-0.3, -0.25) is 0 Å². The Balaban J connectivity index is 1.97. The third kappa shape index (κ3) is 2.14. The van der Waals surface area contributed by atoms with Crippen LogP contribution in [0.15, 0.2) is 47.2 Å². The summed E-state index contributed by atoms with van der Waals surface area (Å²) in [6.45, 7) is 4.31. The van der Waals surface area contributed by atoms with Crippen LogP contribution < -0.4 is 0 Å². The van der Waals surface area contributed by atoms with E-state index in [1.54, 1.807) is 22.7 Å². The quantitative estimate of drug-likeness (QED) is 0.342. The fourth-order valence-electron chi connectivity index (χ4n) is 2.73. The number of hydrogen-bond donors (Lipinski definition) is 0. The van der Waals surface area contributed by atoms with Crippen molar-refractivity contribution in [1.82, 2.24) is 0 Å². The van der Waals surface area contributed by atoms with E-state index in [4.69, 9.17) is 0 Å². The summed E-state index contributed by atoms with van der Waals surface area (Å²) in [5.41, 5.74) is 4.88. The van der Waals surface area contributed by atoms with Crippen molar-refractivity contribution < 1.29 is 0 Å². The molecule has 0 amide bonds. The topological polar surface area (TPSA) is 0 Å². The third-order valence-corrected chi connectivity index (χ3v) is 5.92. The van der Waals surface area contributed by atoms with E-state index in [0.29, 0.717) is 0 Å². The van der Waals surface area contributed by atoms with Crippen LogP contribution >= 0.6 is 22.7 Å². The molecule has 0 atom stereocenters. The molecule has 2 aromatic heterocycles. The summed E-state index contributed by atoms with van der Waals surface area (Å²) in [7, 11) is 0. The first-order chi connectivity index (χ1) is 10.7. The highest BCUT2D eigenvalue weighted by atomic mass is 32.1. The fraction of sp³-hybridized carbons (Fsp3) is 0.100. The summed E-state index contributed by atoms with van der Waals surface area (Å²) in [5, 5.41) is 6.96. The molecule has 22 heavy (non-hydrogen) atoms. The van der Waals surface area contributed by atoms with Gasteiger partial charge >= 0.3 is 0 Å². The van der Waals surface area contributed by atoms with E-state index in [1.807, 2.05) is 0 Å². The summed E-state index contributed by atoms with van der Waals surface area (Å²) in [4.78, 5) is 0. The zero-order chi connectivity index (χ0) is 15.1. The molecule has 0 radical (unpaired) electrons. The third-order valence-electron chi connectivity index (χ3n) is 3.95. The minimum atomic E-state index is 1.07. The first-order valence-corrected chi connectivity index (χ1v) is 8.95. The Kier molecular flexibility index (Phi) is 3.26. The summed E-state index contributed by atoms with van der Waals surface area (Å²) in [5.74, 6) is 6.77. The first kappa shape index (κ1) is 13.6. The molecule has 106 valence electrons. The van der Waals surface area contributed by atoms with E-state index < -0.39 is 0 Å². The van der Waals surface area contributed by atoms with Crippen LogP contribution in [-0.4, -0.2) is 0 Å². The van der Waals surface area contributed by atoms with E-state index >= 15 is 0 Å². The van der Waals surface area contributed by atoms with Gasteiger partial charge in [0.25, 0.3) is 0 Å². The maximum Gasteiger partial charge on any atom is 0.0514 e. The average Bonchev–Trinajstić information content (AvgIpc) is 3.18. The molecule has 0 N–H and O–H groups in total. The SMILES string of the molecule is Cc1ccc(C#Cc2c3ccsc3c(C)c3ccsc23)cc1. The molecule has 0 spiro atoms. The average molecular weight is 318 g/mol. The number of hydrogen-bond acceptors (Lipinski definition) is 2. The number of thiophene rings is 2. The van der Waals surface area contributed by atoms with Crippen molar-refractivity contribution in [2.45, 2.75) is 13.8 Å². The van der Waals surface area contributed by atoms with Crippen molar-refractivity contribution >= 4 is 42.8 Å². The molecule has 2 heterocycles. The Hall–Kier alpha value is -2.08. The molecule has 0 aliphatic carbocycles. The van der Waals surface area contributed by atoms with Gasteiger partial charge < -0.3 is 0 Å². The zero-order valence-electron chi connectivity index (χ0n) is 12.4. The summed E-state index contributed by atoms with van der Waals surface area (Å²) >= 11 is 3.59. The van der Waals surface area contributed by atoms with Crippen molar-refractivity contribution in [3.63, 3.8) is 0 Å². The molecule has 4 aromatic rings. The molecule has 0 nitrogen and oxygen atoms in total. The number of fused-ring (bicyclic) bond motifs is 2. The molecular formula is C20H14S2. The van der Waals surface area contributed by atoms with E-state index in [0.717, 1.165) is 5.56 Å². The van der Waals surface area contributed by atoms with Crippen LogP contribution in [0.4, 0.5) is 0 Å². The Morgan fingerprint density at radius 2 is 1.41 bits per heavy atom. The van der Waals surface area contributed by atoms with Crippen LogP contribution in [0.25, 0.3) is 20.2 Å². The molecule has 0 saturated carbocycles. The standard InChI is InChI=1S/C20H14S2/c1-13-3-5-15(6-4-13)7-8-17-18-10-12-21-19(18)14(2)16-9-11-22-20(16)17/h3-6,9-12H,1-2H3. The van der Waals surface area contributed by atoms with Gasteiger partial charge in [0.05, 0.1) is 10.3 Å². The zero-order valence-corrected chi connectivity index (χ0v) is 14.1. The van der Waals surface area contributed by atoms with Gasteiger partial charge in [-0.05, 0) is 59.8 Å². The summed E-state index contributed by atoms with van der Waals surface area (Å²) in [6, 6.07) is 12.8. The molecule has 0 saturated heterocycles. The second kappa shape index (κ2) is 5.28. The second-order valence-electron chi connectivity index (χ2n) is 5.44. The highest BCUT2D eigenvalue weighted by Crippen LogP contribution is 2.37. The monoisotopic (exact) mass is 318 g/mol. The molecule has 0 fully saturated rings. The van der Waals surface area contributed by atoms with Crippen LogP contribution in [0.5, 0.6) is 0 Å². The van der Waals surface area contributed by atoms with E-state index in [1.165, 1.54) is 36.9 Å². The van der Waals surface area contributed by atoms with Crippen molar-refractivity contribution in [3.8, 4) is 11.8 Å². The summed E-state index contributed by atoms with van der Waals surface area (Å²) < 4.78 is 2.67. The molecule has 2 heteroatoms. The van der Waals surface area contributed by atoms with Gasteiger partial charge in [-0.25, -0.2) is 0 Å². The predicted octanol–water partition coefficient (Wildman–Crippen LogP) is 6.13. The normalized spacial score (nSPS) is 10.8. The van der Waals surface area contributed by atoms with E-state index in [2.05, 4.69) is 72.8 Å². The van der Waals surface area contributed by atoms with Gasteiger partial charge in [0.1, 0.15) is 0 Å². The molecule has 0 aliphatic heterocycles. The smallest absolute Gasteiger partial charge is 0.0514 e. The van der Waals surface area contributed by atoms with Crippen LogP contribution in [0.3, 0.4) is 0 Å². The maximum absolute atomic E-state index is 3.43. The van der Waals surface area contributed by atoms with Gasteiger partial charge in [-0.1, -0.05) is 29.5 Å². The molecule has 0 bridgehead atoms. The molecular weight excluding hydrogens is 304 g/mol. The number of rotatable bonds is 0. The van der Waals surface area contributed by atoms with Crippen LogP contribution in [0.2, 0.25) is 0 Å². The van der Waals surface area contributed by atoms with E-state index in [-0.39, 0.29) is 0 Å². The lowest BCUT2D eigenvalue weighted by Crippen LogP contribution is -1.82. The first-order valence-electron chi connectivity index (χ1n) is 7.20. The molecule has 0 aliphatic rings. The van der Waals surface area contributed by atoms with Gasteiger partial charge in [0, 0.05) is 15.6 Å². The molecule has 0 unspecified atom stereocenters. The second-order valence-corrected chi connectivity index (χ2v) is 7.28. The highest BCUT2D eigenvalue weighted by molar-refractivity contribution is 7.19. The van der Waals surface area contributed by atoms with Crippen molar-refractivity contribution in [1.29, 1.82) is 0 Å². The minimum Gasteiger partial charge on any atom is -0.143 e. The van der Waals surface area contributed by atoms with Gasteiger partial charge in [-0.15, -0.1) is 22.7 Å². The van der Waals surface area contributed by atoms with E-state index in [9.17, 15) is 0 Å². The maximum atomic E-state index is 3.43. The highest BCUT2D eigenvalue weighted by Gasteiger charge is 2.12. The predicted molar refractivity (Wildman–Crippen MR) is 99.1 cm³/mol. The molecule has 4 rings (SSSR count). The fourth-order valence-corrected chi connectivity index (χ4v) is 4.63. The Labute approximate surface area is 138 Å². The molecule has 2 aromatic carbocycles. The lowest BCUT2D eigenvalue weighted by molar-refractivity contribution is 1.46. The number of aryl methyl sites for hydroxylation is 2. The van der Waals surface area contributed by atoms with Crippen LogP contribution in [-0.2, 0) is 0 Å². The van der Waals surface area contributed by atoms with Crippen molar-refractivity contribution in [3.05, 3.63) is 69.4 Å². The lowest BCUT2D eigenvalue weighted by atomic mass is 10.0. The van der Waals surface area contributed by atoms with Gasteiger partial charge in [-0.2, -0.15) is 0 Å². The Bertz CT molecular complexity index is 983. The minimum absolute atomic E-state index is 1.07. The van der Waals surface area contributed by atoms with Crippen LogP contribution in [0.1, 0.15) is 22.3 Å².